The lowest BCUT2D eigenvalue weighted by molar-refractivity contribution is 0.0772. The molecule has 25 heavy (non-hydrogen) atoms. The van der Waals surface area contributed by atoms with E-state index in [0.717, 1.165) is 27.5 Å². The third-order valence-electron chi connectivity index (χ3n) is 4.43. The molecule has 0 radical (unpaired) electrons. The van der Waals surface area contributed by atoms with Crippen molar-refractivity contribution < 1.29 is 9.53 Å². The molecule has 126 valence electrons. The topological polar surface area (TPSA) is 42.4 Å². The minimum Gasteiger partial charge on any atom is -0.486 e. The molecule has 0 spiro atoms. The van der Waals surface area contributed by atoms with Gasteiger partial charge in [-0.3, -0.25) is 9.78 Å². The number of hydrogen-bond acceptors (Lipinski definition) is 3. The standard InChI is InChI=1S/C20H17BrN2O2/c21-17-8-2-1-7-16(17)20(24)23-12-10-15(13-23)25-18-9-3-5-14-6-4-11-22-19(14)18/h1-9,11,15H,10,12-13H2/t15-/m1/s1. The number of para-hydroxylation sites is 1. The molecule has 1 fully saturated rings. The number of benzene rings is 2. The van der Waals surface area contributed by atoms with Gasteiger partial charge >= 0.3 is 0 Å². The molecule has 3 aromatic rings. The van der Waals surface area contributed by atoms with E-state index in [1.165, 1.54) is 0 Å². The third kappa shape index (κ3) is 3.24. The van der Waals surface area contributed by atoms with E-state index in [1.54, 1.807) is 6.20 Å². The lowest BCUT2D eigenvalue weighted by Crippen LogP contribution is -2.31. The first-order chi connectivity index (χ1) is 12.2. The van der Waals surface area contributed by atoms with E-state index in [2.05, 4.69) is 20.9 Å². The van der Waals surface area contributed by atoms with Crippen LogP contribution in [0.25, 0.3) is 10.9 Å². The van der Waals surface area contributed by atoms with Crippen LogP contribution >= 0.6 is 15.9 Å². The fourth-order valence-electron chi connectivity index (χ4n) is 3.16. The molecule has 1 saturated heterocycles. The van der Waals surface area contributed by atoms with Crippen LogP contribution in [-0.2, 0) is 0 Å². The second kappa shape index (κ2) is 6.84. The van der Waals surface area contributed by atoms with E-state index >= 15 is 0 Å². The average molecular weight is 397 g/mol. The van der Waals surface area contributed by atoms with Crippen LogP contribution in [-0.4, -0.2) is 35.0 Å². The fourth-order valence-corrected chi connectivity index (χ4v) is 3.62. The van der Waals surface area contributed by atoms with Crippen molar-refractivity contribution in [3.63, 3.8) is 0 Å². The molecular weight excluding hydrogens is 380 g/mol. The Hall–Kier alpha value is -2.40. The molecule has 5 heteroatoms. The summed E-state index contributed by atoms with van der Waals surface area (Å²) in [7, 11) is 0. The fraction of sp³-hybridized carbons (Fsp3) is 0.200. The van der Waals surface area contributed by atoms with Crippen LogP contribution in [0.1, 0.15) is 16.8 Å². The summed E-state index contributed by atoms with van der Waals surface area (Å²) in [6, 6.07) is 17.4. The van der Waals surface area contributed by atoms with Gasteiger partial charge in [0.1, 0.15) is 17.4 Å². The molecule has 1 aliphatic rings. The van der Waals surface area contributed by atoms with Crippen molar-refractivity contribution in [3.05, 3.63) is 70.8 Å². The highest BCUT2D eigenvalue weighted by Crippen LogP contribution is 2.27. The van der Waals surface area contributed by atoms with Crippen LogP contribution in [0, 0.1) is 0 Å². The van der Waals surface area contributed by atoms with Gasteiger partial charge in [0, 0.05) is 29.0 Å². The Labute approximate surface area is 154 Å². The molecule has 4 nitrogen and oxygen atoms in total. The number of carbonyl (C=O) groups is 1. The highest BCUT2D eigenvalue weighted by atomic mass is 79.9. The van der Waals surface area contributed by atoms with Crippen LogP contribution in [0.4, 0.5) is 0 Å². The molecule has 0 unspecified atom stereocenters. The Bertz CT molecular complexity index is 923. The number of carbonyl (C=O) groups excluding carboxylic acids is 1. The summed E-state index contributed by atoms with van der Waals surface area (Å²) in [6.45, 7) is 1.28. The zero-order valence-corrected chi connectivity index (χ0v) is 15.1. The zero-order valence-electron chi connectivity index (χ0n) is 13.6. The molecule has 0 aliphatic carbocycles. The van der Waals surface area contributed by atoms with Gasteiger partial charge in [-0.15, -0.1) is 0 Å². The van der Waals surface area contributed by atoms with Crippen molar-refractivity contribution in [1.29, 1.82) is 0 Å². The highest BCUT2D eigenvalue weighted by Gasteiger charge is 2.29. The predicted molar refractivity (Wildman–Crippen MR) is 101 cm³/mol. The van der Waals surface area contributed by atoms with Gasteiger partial charge in [0.15, 0.2) is 0 Å². The quantitative estimate of drug-likeness (QED) is 0.662. The van der Waals surface area contributed by atoms with E-state index in [9.17, 15) is 4.79 Å². The van der Waals surface area contributed by atoms with E-state index in [1.807, 2.05) is 59.5 Å². The summed E-state index contributed by atoms with van der Waals surface area (Å²) in [6.07, 6.45) is 2.57. The van der Waals surface area contributed by atoms with Gasteiger partial charge in [0.05, 0.1) is 12.1 Å². The number of hydrogen-bond donors (Lipinski definition) is 0. The van der Waals surface area contributed by atoms with E-state index in [4.69, 9.17) is 4.74 Å². The highest BCUT2D eigenvalue weighted by molar-refractivity contribution is 9.10. The predicted octanol–water partition coefficient (Wildman–Crippen LogP) is 4.29. The van der Waals surface area contributed by atoms with Gasteiger partial charge in [0.25, 0.3) is 5.91 Å². The van der Waals surface area contributed by atoms with Crippen molar-refractivity contribution in [2.45, 2.75) is 12.5 Å². The molecule has 2 aromatic carbocycles. The summed E-state index contributed by atoms with van der Waals surface area (Å²) in [5.74, 6) is 0.813. The Balaban J connectivity index is 1.49. The summed E-state index contributed by atoms with van der Waals surface area (Å²) in [4.78, 5) is 19.0. The van der Waals surface area contributed by atoms with Gasteiger partial charge in [-0.25, -0.2) is 0 Å². The van der Waals surface area contributed by atoms with Gasteiger partial charge in [0.2, 0.25) is 0 Å². The van der Waals surface area contributed by atoms with Crippen molar-refractivity contribution in [2.75, 3.05) is 13.1 Å². The molecule has 0 saturated carbocycles. The van der Waals surface area contributed by atoms with Crippen molar-refractivity contribution in [2.24, 2.45) is 0 Å². The van der Waals surface area contributed by atoms with Gasteiger partial charge in [-0.1, -0.05) is 30.3 Å². The monoisotopic (exact) mass is 396 g/mol. The maximum Gasteiger partial charge on any atom is 0.255 e. The van der Waals surface area contributed by atoms with E-state index < -0.39 is 0 Å². The molecule has 1 atom stereocenters. The van der Waals surface area contributed by atoms with Crippen LogP contribution in [0.5, 0.6) is 5.75 Å². The lowest BCUT2D eigenvalue weighted by atomic mass is 10.2. The van der Waals surface area contributed by atoms with Crippen molar-refractivity contribution in [3.8, 4) is 5.75 Å². The number of halogens is 1. The number of rotatable bonds is 3. The molecule has 1 amide bonds. The van der Waals surface area contributed by atoms with Crippen LogP contribution in [0.2, 0.25) is 0 Å². The largest absolute Gasteiger partial charge is 0.486 e. The minimum absolute atomic E-state index is 0.0148. The SMILES string of the molecule is O=C(c1ccccc1Br)N1CC[C@@H](Oc2cccc3cccnc23)C1. The van der Waals surface area contributed by atoms with Crippen LogP contribution in [0.15, 0.2) is 65.3 Å². The number of nitrogens with zero attached hydrogens (tertiary/aromatic N) is 2. The minimum atomic E-state index is -0.0148. The smallest absolute Gasteiger partial charge is 0.255 e. The Morgan fingerprint density at radius 2 is 1.96 bits per heavy atom. The molecular formula is C20H17BrN2O2. The molecule has 1 aromatic heterocycles. The molecule has 1 aliphatic heterocycles. The summed E-state index contributed by atoms with van der Waals surface area (Å²) >= 11 is 3.45. The molecule has 2 heterocycles. The second-order valence-corrected chi connectivity index (χ2v) is 6.95. The Kier molecular flexibility index (Phi) is 4.40. The van der Waals surface area contributed by atoms with Crippen molar-refractivity contribution in [1.82, 2.24) is 9.88 Å². The number of fused-ring (bicyclic) bond motifs is 1. The summed E-state index contributed by atoms with van der Waals surface area (Å²) < 4.78 is 6.99. The Morgan fingerprint density at radius 1 is 1.12 bits per heavy atom. The molecule has 0 N–H and O–H groups in total. The van der Waals surface area contributed by atoms with Gasteiger partial charge in [-0.2, -0.15) is 0 Å². The zero-order chi connectivity index (χ0) is 17.2. The lowest BCUT2D eigenvalue weighted by Gasteiger charge is -2.18. The first kappa shape index (κ1) is 16.1. The first-order valence-corrected chi connectivity index (χ1v) is 9.06. The number of ether oxygens (including phenoxy) is 1. The maximum absolute atomic E-state index is 12.7. The molecule has 4 rings (SSSR count). The molecule has 0 bridgehead atoms. The number of amides is 1. The van der Waals surface area contributed by atoms with Crippen LogP contribution < -0.4 is 4.74 Å². The average Bonchev–Trinajstić information content (AvgIpc) is 3.10. The number of pyridine rings is 1. The summed E-state index contributed by atoms with van der Waals surface area (Å²) in [5, 5.41) is 1.05. The number of likely N-dealkylation sites (tertiary alicyclic amines) is 1. The normalized spacial score (nSPS) is 17.0. The van der Waals surface area contributed by atoms with Crippen molar-refractivity contribution >= 4 is 32.7 Å². The first-order valence-electron chi connectivity index (χ1n) is 8.26. The summed E-state index contributed by atoms with van der Waals surface area (Å²) in [5.41, 5.74) is 1.55. The second-order valence-electron chi connectivity index (χ2n) is 6.09. The van der Waals surface area contributed by atoms with E-state index in [0.29, 0.717) is 18.7 Å². The van der Waals surface area contributed by atoms with Gasteiger partial charge in [-0.05, 0) is 40.2 Å². The number of aromatic nitrogens is 1. The van der Waals surface area contributed by atoms with E-state index in [-0.39, 0.29) is 12.0 Å². The maximum atomic E-state index is 12.7. The van der Waals surface area contributed by atoms with Gasteiger partial charge < -0.3 is 9.64 Å². The third-order valence-corrected chi connectivity index (χ3v) is 5.12. The van der Waals surface area contributed by atoms with Crippen LogP contribution in [0.3, 0.4) is 0 Å². The Morgan fingerprint density at radius 3 is 2.84 bits per heavy atom.